The van der Waals surface area contributed by atoms with Crippen LogP contribution in [0.15, 0.2) is 237 Å². The largest absolute Gasteiger partial charge is 0.309 e. The van der Waals surface area contributed by atoms with Gasteiger partial charge in [0.2, 0.25) is 0 Å². The Morgan fingerprint density at radius 1 is 0.353 bits per heavy atom. The molecule has 0 bridgehead atoms. The number of rotatable bonds is 7. The maximum atomic E-state index is 2.53. The number of hydrogen-bond acceptors (Lipinski definition) is 1. The molecule has 0 spiro atoms. The van der Waals surface area contributed by atoms with Crippen molar-refractivity contribution in [3.8, 4) is 22.5 Å². The van der Waals surface area contributed by atoms with Crippen LogP contribution in [-0.4, -0.2) is 17.2 Å². The van der Waals surface area contributed by atoms with Crippen molar-refractivity contribution in [2.24, 2.45) is 0 Å². The molecule has 0 aliphatic rings. The van der Waals surface area contributed by atoms with E-state index in [1.807, 2.05) is 11.3 Å². The van der Waals surface area contributed by atoms with Crippen LogP contribution in [0.4, 0.5) is 0 Å². The van der Waals surface area contributed by atoms with Crippen molar-refractivity contribution in [3.63, 3.8) is 0 Å². The summed E-state index contributed by atoms with van der Waals surface area (Å²) < 4.78 is 7.63. The summed E-state index contributed by atoms with van der Waals surface area (Å²) in [5.41, 5.74) is 11.0. The van der Waals surface area contributed by atoms with Crippen molar-refractivity contribution in [2.75, 3.05) is 0 Å². The number of aromatic nitrogens is 2. The molecule has 3 heterocycles. The number of fused-ring (bicyclic) bond motifs is 9. The van der Waals surface area contributed by atoms with Crippen LogP contribution in [0.5, 0.6) is 0 Å². The second-order valence-electron chi connectivity index (χ2n) is 19.3. The molecule has 1 atom stereocenters. The molecule has 2 nitrogen and oxygen atoms in total. The van der Waals surface area contributed by atoms with Crippen molar-refractivity contribution in [1.29, 1.82) is 0 Å². The van der Waals surface area contributed by atoms with Crippen LogP contribution < -0.4 is 20.7 Å². The lowest BCUT2D eigenvalue weighted by atomic mass is 9.86. The number of thiophene rings is 1. The van der Waals surface area contributed by atoms with E-state index in [1.165, 1.54) is 101 Å². The van der Waals surface area contributed by atoms with Crippen molar-refractivity contribution in [1.82, 2.24) is 9.13 Å². The van der Waals surface area contributed by atoms with Gasteiger partial charge in [-0.2, -0.15) is 0 Å². The van der Waals surface area contributed by atoms with Gasteiger partial charge < -0.3 is 9.13 Å². The average molecular weight is 905 g/mol. The summed E-state index contributed by atoms with van der Waals surface area (Å²) in [5, 5.41) is 13.2. The molecule has 0 aliphatic carbocycles. The molecule has 0 saturated carbocycles. The number of benzene rings is 10. The summed E-state index contributed by atoms with van der Waals surface area (Å²) in [6.07, 6.45) is 0. The first-order valence-corrected chi connectivity index (χ1v) is 26.5. The Hall–Kier alpha value is -7.76. The summed E-state index contributed by atoms with van der Waals surface area (Å²) in [4.78, 5) is 0. The molecular formula is C64H48N2SSi. The highest BCUT2D eigenvalue weighted by Gasteiger charge is 2.43. The van der Waals surface area contributed by atoms with E-state index in [2.05, 4.69) is 266 Å². The van der Waals surface area contributed by atoms with Gasteiger partial charge in [-0.3, -0.25) is 0 Å². The number of para-hydroxylation sites is 3. The highest BCUT2D eigenvalue weighted by Crippen LogP contribution is 2.39. The standard InChI is InChI=1S/C64H48N2SSi/c1-64(2,3)45-34-39-61-56(40-45)54-27-17-31-62(63(54)67-61)68(48-21-8-5-9-22-48,49-36-32-44(33-37-49)43-18-6-4-7-19-43)50-23-16-20-46(41-50)65-59-30-15-12-26-53(59)55-42-47(35-38-60(55)65)66-57-28-13-10-24-51(57)52-25-11-14-29-58(52)66/h4-42H,1-3H3. The van der Waals surface area contributed by atoms with E-state index in [0.717, 1.165) is 11.4 Å². The molecule has 0 saturated heterocycles. The first-order chi connectivity index (χ1) is 33.4. The van der Waals surface area contributed by atoms with E-state index in [1.54, 1.807) is 0 Å². The molecule has 0 N–H and O–H groups in total. The Morgan fingerprint density at radius 3 is 1.53 bits per heavy atom. The molecule has 324 valence electrons. The summed E-state index contributed by atoms with van der Waals surface area (Å²) in [5.74, 6) is 0. The lowest BCUT2D eigenvalue weighted by Gasteiger charge is -2.35. The van der Waals surface area contributed by atoms with Crippen LogP contribution >= 0.6 is 11.3 Å². The van der Waals surface area contributed by atoms with E-state index < -0.39 is 8.07 Å². The van der Waals surface area contributed by atoms with Gasteiger partial charge in [-0.15, -0.1) is 11.3 Å². The fraction of sp³-hybridized carbons (Fsp3) is 0.0625. The molecule has 13 aromatic rings. The van der Waals surface area contributed by atoms with E-state index in [-0.39, 0.29) is 5.41 Å². The molecule has 0 amide bonds. The first kappa shape index (κ1) is 40.5. The van der Waals surface area contributed by atoms with Gasteiger partial charge in [0.05, 0.1) is 22.1 Å². The van der Waals surface area contributed by atoms with Crippen molar-refractivity contribution < 1.29 is 0 Å². The third-order valence-corrected chi connectivity index (χ3v) is 20.6. The van der Waals surface area contributed by atoms with Crippen LogP contribution in [0, 0.1) is 0 Å². The first-order valence-electron chi connectivity index (χ1n) is 23.7. The van der Waals surface area contributed by atoms with E-state index >= 15 is 0 Å². The Morgan fingerprint density at radius 2 is 0.868 bits per heavy atom. The van der Waals surface area contributed by atoms with Gasteiger partial charge in [-0.1, -0.05) is 197 Å². The van der Waals surface area contributed by atoms with Gasteiger partial charge >= 0.3 is 0 Å². The van der Waals surface area contributed by atoms with Crippen molar-refractivity contribution in [3.05, 3.63) is 242 Å². The number of hydrogen-bond donors (Lipinski definition) is 0. The van der Waals surface area contributed by atoms with Crippen molar-refractivity contribution >= 4 is 104 Å². The summed E-state index contributed by atoms with van der Waals surface area (Å²) in [7, 11) is -3.08. The lowest BCUT2D eigenvalue weighted by molar-refractivity contribution is 0.591. The Balaban J connectivity index is 1.08. The maximum absolute atomic E-state index is 3.08. The van der Waals surface area contributed by atoms with Gasteiger partial charge in [0, 0.05) is 53.1 Å². The molecule has 3 aromatic heterocycles. The minimum atomic E-state index is -3.08. The van der Waals surface area contributed by atoms with Gasteiger partial charge in [-0.05, 0) is 104 Å². The summed E-state index contributed by atoms with van der Waals surface area (Å²) in [6, 6.07) is 89.2. The van der Waals surface area contributed by atoms with Crippen LogP contribution in [0.3, 0.4) is 0 Å². The van der Waals surface area contributed by atoms with Crippen LogP contribution in [0.2, 0.25) is 0 Å². The normalized spacial score (nSPS) is 13.0. The van der Waals surface area contributed by atoms with Crippen molar-refractivity contribution in [2.45, 2.75) is 26.2 Å². The Bertz CT molecular complexity index is 4010. The minimum absolute atomic E-state index is 0.0446. The lowest BCUT2D eigenvalue weighted by Crippen LogP contribution is -2.74. The minimum Gasteiger partial charge on any atom is -0.309 e. The zero-order valence-corrected chi connectivity index (χ0v) is 40.1. The Labute approximate surface area is 401 Å². The SMILES string of the molecule is CC(C)(C)c1ccc2sc3c([Si](c4ccccc4)(c4ccc(-c5ccccc5)cc4)c4cccc(-n5c6ccccc6c6cc(-n7c8ccccc8c8ccccc87)ccc65)c4)cccc3c2c1. The fourth-order valence-corrected chi connectivity index (χ4v) is 17.8. The third-order valence-electron chi connectivity index (χ3n) is 14.4. The predicted octanol–water partition coefficient (Wildman–Crippen LogP) is 14.6. The van der Waals surface area contributed by atoms with E-state index in [4.69, 9.17) is 0 Å². The van der Waals surface area contributed by atoms with E-state index in [0.29, 0.717) is 0 Å². The quantitative estimate of drug-likeness (QED) is 0.111. The highest BCUT2D eigenvalue weighted by molar-refractivity contribution is 7.30. The van der Waals surface area contributed by atoms with Crippen LogP contribution in [0.25, 0.3) is 86.3 Å². The van der Waals surface area contributed by atoms with Gasteiger partial charge in [0.1, 0.15) is 0 Å². The second-order valence-corrected chi connectivity index (χ2v) is 24.1. The zero-order valence-electron chi connectivity index (χ0n) is 38.3. The monoisotopic (exact) mass is 904 g/mol. The smallest absolute Gasteiger partial charge is 0.181 e. The average Bonchev–Trinajstić information content (AvgIpc) is 4.05. The van der Waals surface area contributed by atoms with Crippen LogP contribution in [-0.2, 0) is 5.41 Å². The second kappa shape index (κ2) is 15.7. The zero-order chi connectivity index (χ0) is 45.6. The molecule has 0 fully saturated rings. The molecule has 1 unspecified atom stereocenters. The van der Waals surface area contributed by atoms with E-state index in [9.17, 15) is 0 Å². The van der Waals surface area contributed by atoms with Crippen LogP contribution in [0.1, 0.15) is 26.3 Å². The molecule has 0 aliphatic heterocycles. The summed E-state index contributed by atoms with van der Waals surface area (Å²) >= 11 is 1.95. The Kier molecular flexibility index (Phi) is 9.33. The highest BCUT2D eigenvalue weighted by atomic mass is 32.1. The fourth-order valence-electron chi connectivity index (χ4n) is 11.2. The maximum Gasteiger partial charge on any atom is 0.181 e. The number of nitrogens with zero attached hydrogens (tertiary/aromatic N) is 2. The molecule has 68 heavy (non-hydrogen) atoms. The molecule has 13 rings (SSSR count). The van der Waals surface area contributed by atoms with Gasteiger partial charge in [0.25, 0.3) is 0 Å². The third kappa shape index (κ3) is 6.21. The topological polar surface area (TPSA) is 9.86 Å². The van der Waals surface area contributed by atoms with Gasteiger partial charge in [0.15, 0.2) is 8.07 Å². The van der Waals surface area contributed by atoms with Gasteiger partial charge in [-0.25, -0.2) is 0 Å². The molecule has 4 heteroatoms. The molecule has 0 radical (unpaired) electrons. The molecule has 10 aromatic carbocycles. The predicted molar refractivity (Wildman–Crippen MR) is 296 cm³/mol. The summed E-state index contributed by atoms with van der Waals surface area (Å²) in [6.45, 7) is 6.94. The molecular weight excluding hydrogens is 857 g/mol.